The first kappa shape index (κ1) is 25.2. The van der Waals surface area contributed by atoms with Crippen LogP contribution in [0.2, 0.25) is 24.2 Å². The molecule has 0 N–H and O–H groups in total. The Balaban J connectivity index is 1.66. The zero-order valence-electron chi connectivity index (χ0n) is 20.8. The van der Waals surface area contributed by atoms with Gasteiger partial charge in [-0.05, 0) is 35.8 Å². The predicted octanol–water partition coefficient (Wildman–Crippen LogP) is 7.96. The van der Waals surface area contributed by atoms with Crippen molar-refractivity contribution in [3.05, 3.63) is 71.8 Å². The van der Waals surface area contributed by atoms with Crippen molar-refractivity contribution in [1.82, 2.24) is 0 Å². The van der Waals surface area contributed by atoms with Gasteiger partial charge in [0.2, 0.25) is 0 Å². The van der Waals surface area contributed by atoms with Crippen LogP contribution in [0.15, 0.2) is 60.7 Å². The van der Waals surface area contributed by atoms with E-state index in [1.54, 1.807) is 0 Å². The molecule has 2 nitrogen and oxygen atoms in total. The second-order valence-corrected chi connectivity index (χ2v) is 15.9. The average molecular weight is 453 g/mol. The van der Waals surface area contributed by atoms with Crippen LogP contribution in [0.3, 0.4) is 0 Å². The molecule has 1 aliphatic rings. The van der Waals surface area contributed by atoms with Crippen molar-refractivity contribution in [2.45, 2.75) is 77.9 Å². The van der Waals surface area contributed by atoms with Crippen LogP contribution in [-0.2, 0) is 22.7 Å². The fraction of sp³-hybridized carbons (Fsp3) is 0.586. The van der Waals surface area contributed by atoms with Crippen molar-refractivity contribution in [3.63, 3.8) is 0 Å². The summed E-state index contributed by atoms with van der Waals surface area (Å²) in [6.07, 6.45) is 2.48. The lowest BCUT2D eigenvalue weighted by atomic mass is 9.87. The van der Waals surface area contributed by atoms with Gasteiger partial charge in [0, 0.05) is 5.41 Å². The van der Waals surface area contributed by atoms with Crippen molar-refractivity contribution in [1.29, 1.82) is 0 Å². The summed E-state index contributed by atoms with van der Waals surface area (Å²) >= 11 is 0. The molecule has 1 fully saturated rings. The van der Waals surface area contributed by atoms with Crippen LogP contribution in [-0.4, -0.2) is 21.3 Å². The van der Waals surface area contributed by atoms with Gasteiger partial charge in [0.25, 0.3) is 0 Å². The van der Waals surface area contributed by atoms with E-state index in [9.17, 15) is 0 Å². The zero-order chi connectivity index (χ0) is 22.9. The molecule has 2 aromatic carbocycles. The van der Waals surface area contributed by atoms with E-state index in [1.807, 2.05) is 0 Å². The number of ether oxygens (including phenoxy) is 2. The lowest BCUT2D eigenvalue weighted by Gasteiger charge is -2.33. The predicted molar refractivity (Wildman–Crippen MR) is 139 cm³/mol. The Morgan fingerprint density at radius 2 is 1.22 bits per heavy atom. The maximum atomic E-state index is 6.35. The smallest absolute Gasteiger partial charge is 0.0717 e. The number of hydrogen-bond donors (Lipinski definition) is 0. The van der Waals surface area contributed by atoms with Gasteiger partial charge >= 0.3 is 0 Å². The van der Waals surface area contributed by atoms with Crippen LogP contribution in [0.5, 0.6) is 0 Å². The van der Waals surface area contributed by atoms with Gasteiger partial charge in [0.05, 0.1) is 34.5 Å². The summed E-state index contributed by atoms with van der Waals surface area (Å²) in [4.78, 5) is 0. The average Bonchev–Trinajstić information content (AvgIpc) is 3.13. The summed E-state index contributed by atoms with van der Waals surface area (Å²) in [6, 6.07) is 26.9. The van der Waals surface area contributed by atoms with Gasteiger partial charge in [-0.3, -0.25) is 0 Å². The zero-order valence-corrected chi connectivity index (χ0v) is 21.8. The molecule has 0 bridgehead atoms. The van der Waals surface area contributed by atoms with Crippen LogP contribution < -0.4 is 0 Å². The molecule has 176 valence electrons. The minimum atomic E-state index is -1.14. The fourth-order valence-electron chi connectivity index (χ4n) is 5.90. The molecule has 0 aromatic heterocycles. The second-order valence-electron chi connectivity index (χ2n) is 10.4. The first-order chi connectivity index (χ1) is 15.5. The standard InChI is InChI=1S/C29H44O2Si/c1-5-32(6-2,7-3)22-28-19-29(18-25(28)4,23-30-20-26-14-10-8-11-15-26)24-31-21-27-16-12-9-13-17-27/h8-17,25,28H,5-7,18-24H2,1-4H3/t25-,28+/m0/s1. The second kappa shape index (κ2) is 12.2. The Hall–Kier alpha value is -1.42. The van der Waals surface area contributed by atoms with E-state index in [4.69, 9.17) is 9.47 Å². The summed E-state index contributed by atoms with van der Waals surface area (Å²) in [5.74, 6) is 1.58. The summed E-state index contributed by atoms with van der Waals surface area (Å²) in [5.41, 5.74) is 2.65. The van der Waals surface area contributed by atoms with E-state index in [1.165, 1.54) is 48.1 Å². The van der Waals surface area contributed by atoms with E-state index in [-0.39, 0.29) is 5.41 Å². The third kappa shape index (κ3) is 6.79. The Morgan fingerprint density at radius 1 is 0.750 bits per heavy atom. The van der Waals surface area contributed by atoms with E-state index in [0.29, 0.717) is 13.2 Å². The first-order valence-corrected chi connectivity index (χ1v) is 15.6. The summed E-state index contributed by atoms with van der Waals surface area (Å²) < 4.78 is 12.7. The quantitative estimate of drug-likeness (QED) is 0.287. The summed E-state index contributed by atoms with van der Waals surface area (Å²) in [6.45, 7) is 12.8. The van der Waals surface area contributed by atoms with E-state index >= 15 is 0 Å². The molecule has 3 heteroatoms. The largest absolute Gasteiger partial charge is 0.376 e. The topological polar surface area (TPSA) is 18.5 Å². The molecule has 3 rings (SSSR count). The molecule has 2 atom stereocenters. The van der Waals surface area contributed by atoms with Gasteiger partial charge in [-0.1, -0.05) is 113 Å². The molecule has 0 spiro atoms. The Kier molecular flexibility index (Phi) is 9.57. The minimum Gasteiger partial charge on any atom is -0.376 e. The molecule has 0 saturated heterocycles. The molecule has 1 saturated carbocycles. The molecular weight excluding hydrogens is 408 g/mol. The number of rotatable bonds is 13. The van der Waals surface area contributed by atoms with E-state index < -0.39 is 8.07 Å². The number of benzene rings is 2. The van der Waals surface area contributed by atoms with Crippen molar-refractivity contribution < 1.29 is 9.47 Å². The van der Waals surface area contributed by atoms with Crippen molar-refractivity contribution in [2.75, 3.05) is 13.2 Å². The summed E-state index contributed by atoms with van der Waals surface area (Å²) in [7, 11) is -1.14. The maximum absolute atomic E-state index is 6.35. The van der Waals surface area contributed by atoms with Crippen molar-refractivity contribution >= 4 is 8.07 Å². The monoisotopic (exact) mass is 452 g/mol. The summed E-state index contributed by atoms with van der Waals surface area (Å²) in [5, 5.41) is 0. The molecule has 0 aliphatic heterocycles. The molecule has 0 amide bonds. The third-order valence-corrected chi connectivity index (χ3v) is 14.1. The fourth-order valence-corrected chi connectivity index (χ4v) is 9.92. The highest BCUT2D eigenvalue weighted by molar-refractivity contribution is 6.79. The Morgan fingerprint density at radius 3 is 1.66 bits per heavy atom. The normalized spacial score (nSPS) is 20.5. The molecule has 0 radical (unpaired) electrons. The Bertz CT molecular complexity index is 718. The van der Waals surface area contributed by atoms with E-state index in [2.05, 4.69) is 88.4 Å². The Labute approximate surface area is 197 Å². The van der Waals surface area contributed by atoms with Crippen LogP contribution in [0, 0.1) is 17.3 Å². The SMILES string of the molecule is CC[Si](CC)(CC)C[C@H]1CC(COCc2ccccc2)(COCc2ccccc2)C[C@@H]1C. The van der Waals surface area contributed by atoms with Gasteiger partial charge < -0.3 is 9.47 Å². The van der Waals surface area contributed by atoms with Gasteiger partial charge in [-0.2, -0.15) is 0 Å². The lowest BCUT2D eigenvalue weighted by molar-refractivity contribution is -0.0325. The van der Waals surface area contributed by atoms with Crippen LogP contribution >= 0.6 is 0 Å². The lowest BCUT2D eigenvalue weighted by Crippen LogP contribution is -2.35. The number of hydrogen-bond acceptors (Lipinski definition) is 2. The minimum absolute atomic E-state index is 0.142. The van der Waals surface area contributed by atoms with Crippen LogP contribution in [0.4, 0.5) is 0 Å². The van der Waals surface area contributed by atoms with Gasteiger partial charge in [0.15, 0.2) is 0 Å². The molecule has 0 heterocycles. The third-order valence-electron chi connectivity index (χ3n) is 8.24. The molecule has 2 aromatic rings. The van der Waals surface area contributed by atoms with Gasteiger partial charge in [-0.25, -0.2) is 0 Å². The van der Waals surface area contributed by atoms with Crippen LogP contribution in [0.25, 0.3) is 0 Å². The highest BCUT2D eigenvalue weighted by Gasteiger charge is 2.46. The molecular formula is C29H44O2Si. The molecule has 32 heavy (non-hydrogen) atoms. The van der Waals surface area contributed by atoms with Crippen molar-refractivity contribution in [3.8, 4) is 0 Å². The highest BCUT2D eigenvalue weighted by atomic mass is 28.3. The van der Waals surface area contributed by atoms with Crippen molar-refractivity contribution in [2.24, 2.45) is 17.3 Å². The molecule has 0 unspecified atom stereocenters. The highest BCUT2D eigenvalue weighted by Crippen LogP contribution is 2.50. The van der Waals surface area contributed by atoms with Gasteiger partial charge in [0.1, 0.15) is 0 Å². The van der Waals surface area contributed by atoms with E-state index in [0.717, 1.165) is 25.0 Å². The van der Waals surface area contributed by atoms with Gasteiger partial charge in [-0.15, -0.1) is 0 Å². The molecule has 1 aliphatic carbocycles. The maximum Gasteiger partial charge on any atom is 0.0717 e. The van der Waals surface area contributed by atoms with Crippen LogP contribution in [0.1, 0.15) is 51.7 Å². The first-order valence-electron chi connectivity index (χ1n) is 12.8.